The van der Waals surface area contributed by atoms with E-state index in [0.717, 1.165) is 0 Å². The lowest BCUT2D eigenvalue weighted by Gasteiger charge is -2.24. The average Bonchev–Trinajstić information content (AvgIpc) is 3.32. The van der Waals surface area contributed by atoms with E-state index in [2.05, 4.69) is 31.8 Å². The Labute approximate surface area is 226 Å². The number of hydrogen-bond donors (Lipinski definition) is 2. The summed E-state index contributed by atoms with van der Waals surface area (Å²) in [5, 5.41) is 17.5. The lowest BCUT2D eigenvalue weighted by atomic mass is 10.2. The second-order valence-corrected chi connectivity index (χ2v) is 9.99. The Morgan fingerprint density at radius 3 is 2.35 bits per heavy atom. The number of rotatable bonds is 9. The number of aromatic nitrogens is 5. The SMILES string of the molecule is CC(C)O.COc1cccc(OC)c1-n1c(NSC(C)Cc2ncc(Cl)cn2)nnc1C1COCCO1. The van der Waals surface area contributed by atoms with Crippen molar-refractivity contribution in [2.45, 2.75) is 44.6 Å². The Balaban J connectivity index is 0.000000886. The van der Waals surface area contributed by atoms with Crippen molar-refractivity contribution in [3.8, 4) is 17.2 Å². The number of anilines is 1. The van der Waals surface area contributed by atoms with E-state index in [9.17, 15) is 0 Å². The number of aliphatic hydroxyl groups is 1. The molecule has 0 radical (unpaired) electrons. The number of halogens is 1. The lowest BCUT2D eigenvalue weighted by Crippen LogP contribution is -2.25. The molecule has 37 heavy (non-hydrogen) atoms. The third-order valence-electron chi connectivity index (χ3n) is 4.91. The van der Waals surface area contributed by atoms with Crippen LogP contribution in [-0.4, -0.2) is 75.2 Å². The van der Waals surface area contributed by atoms with Crippen LogP contribution < -0.4 is 14.2 Å². The minimum Gasteiger partial charge on any atom is -0.494 e. The van der Waals surface area contributed by atoms with E-state index in [1.54, 1.807) is 40.5 Å². The lowest BCUT2D eigenvalue weighted by molar-refractivity contribution is -0.0941. The summed E-state index contributed by atoms with van der Waals surface area (Å²) in [6.45, 7) is 6.93. The molecule has 2 N–H and O–H groups in total. The molecule has 0 aliphatic carbocycles. The average molecular weight is 553 g/mol. The Morgan fingerprint density at radius 2 is 1.78 bits per heavy atom. The van der Waals surface area contributed by atoms with Crippen LogP contribution >= 0.6 is 23.5 Å². The summed E-state index contributed by atoms with van der Waals surface area (Å²) in [5.74, 6) is 3.04. The van der Waals surface area contributed by atoms with Gasteiger partial charge < -0.3 is 24.1 Å². The quantitative estimate of drug-likeness (QED) is 0.375. The van der Waals surface area contributed by atoms with Crippen molar-refractivity contribution >= 4 is 29.5 Å². The third-order valence-corrected chi connectivity index (χ3v) is 5.98. The van der Waals surface area contributed by atoms with Crippen LogP contribution in [0.25, 0.3) is 5.69 Å². The fourth-order valence-corrected chi connectivity index (χ4v) is 4.15. The van der Waals surface area contributed by atoms with Gasteiger partial charge in [-0.05, 0) is 37.9 Å². The highest BCUT2D eigenvalue weighted by Gasteiger charge is 2.29. The van der Waals surface area contributed by atoms with E-state index < -0.39 is 0 Å². The molecule has 3 aromatic rings. The molecular formula is C24H33ClN6O5S. The predicted molar refractivity (Wildman–Crippen MR) is 143 cm³/mol. The highest BCUT2D eigenvalue weighted by Crippen LogP contribution is 2.37. The smallest absolute Gasteiger partial charge is 0.239 e. The maximum absolute atomic E-state index is 8.06. The van der Waals surface area contributed by atoms with Crippen molar-refractivity contribution in [2.75, 3.05) is 38.8 Å². The predicted octanol–water partition coefficient (Wildman–Crippen LogP) is 3.89. The van der Waals surface area contributed by atoms with Crippen molar-refractivity contribution in [1.29, 1.82) is 0 Å². The molecule has 1 aliphatic rings. The zero-order chi connectivity index (χ0) is 26.8. The number of nitrogens with one attached hydrogen (secondary N) is 1. The first-order chi connectivity index (χ1) is 17.8. The Morgan fingerprint density at radius 1 is 1.14 bits per heavy atom. The highest BCUT2D eigenvalue weighted by atomic mass is 35.5. The summed E-state index contributed by atoms with van der Waals surface area (Å²) in [7, 11) is 3.22. The van der Waals surface area contributed by atoms with Gasteiger partial charge in [0.1, 0.15) is 29.1 Å². The first kappa shape index (κ1) is 28.9. The van der Waals surface area contributed by atoms with Gasteiger partial charge in [-0.2, -0.15) is 0 Å². The minimum absolute atomic E-state index is 0.133. The molecule has 0 spiro atoms. The van der Waals surface area contributed by atoms with E-state index in [1.165, 1.54) is 11.9 Å². The van der Waals surface area contributed by atoms with Gasteiger partial charge in [-0.15, -0.1) is 10.2 Å². The molecule has 11 nitrogen and oxygen atoms in total. The number of nitrogens with zero attached hydrogens (tertiary/aromatic N) is 5. The number of benzene rings is 1. The second-order valence-electron chi connectivity index (χ2n) is 8.31. The van der Waals surface area contributed by atoms with E-state index >= 15 is 0 Å². The van der Waals surface area contributed by atoms with E-state index in [4.69, 9.17) is 35.7 Å². The number of aliphatic hydroxyl groups excluding tert-OH is 1. The van der Waals surface area contributed by atoms with Gasteiger partial charge in [-0.1, -0.05) is 24.6 Å². The topological polar surface area (TPSA) is 126 Å². The highest BCUT2D eigenvalue weighted by molar-refractivity contribution is 8.01. The maximum atomic E-state index is 8.06. The molecule has 1 aromatic carbocycles. The molecule has 0 amide bonds. The Hall–Kier alpha value is -2.64. The van der Waals surface area contributed by atoms with Crippen LogP contribution in [0.3, 0.4) is 0 Å². The second kappa shape index (κ2) is 14.3. The monoisotopic (exact) mass is 552 g/mol. The van der Waals surface area contributed by atoms with Gasteiger partial charge in [0.2, 0.25) is 5.95 Å². The molecular weight excluding hydrogens is 520 g/mol. The fraction of sp³-hybridized carbons (Fsp3) is 0.500. The summed E-state index contributed by atoms with van der Waals surface area (Å²) in [6, 6.07) is 5.58. The van der Waals surface area contributed by atoms with Gasteiger partial charge in [0.05, 0.1) is 39.1 Å². The first-order valence-corrected chi connectivity index (χ1v) is 13.0. The van der Waals surface area contributed by atoms with Gasteiger partial charge in [-0.25, -0.2) is 9.97 Å². The summed E-state index contributed by atoms with van der Waals surface area (Å²) >= 11 is 7.36. The molecule has 1 saturated heterocycles. The molecule has 1 aliphatic heterocycles. The summed E-state index contributed by atoms with van der Waals surface area (Å²) in [6.07, 6.45) is 3.30. The van der Waals surface area contributed by atoms with Crippen LogP contribution in [0.2, 0.25) is 5.02 Å². The third kappa shape index (κ3) is 8.17. The van der Waals surface area contributed by atoms with Crippen LogP contribution in [0, 0.1) is 0 Å². The zero-order valence-corrected chi connectivity index (χ0v) is 23.1. The van der Waals surface area contributed by atoms with Crippen molar-refractivity contribution < 1.29 is 24.1 Å². The van der Waals surface area contributed by atoms with Crippen molar-refractivity contribution in [1.82, 2.24) is 24.7 Å². The molecule has 13 heteroatoms. The number of ether oxygens (including phenoxy) is 4. The molecule has 2 aromatic heterocycles. The largest absolute Gasteiger partial charge is 0.494 e. The van der Waals surface area contributed by atoms with Gasteiger partial charge in [0.15, 0.2) is 5.82 Å². The molecule has 4 rings (SSSR count). The molecule has 2 unspecified atom stereocenters. The molecule has 0 saturated carbocycles. The molecule has 1 fully saturated rings. The Bertz CT molecular complexity index is 1090. The molecule has 3 heterocycles. The van der Waals surface area contributed by atoms with Crippen LogP contribution in [0.4, 0.5) is 5.95 Å². The number of para-hydroxylation sites is 1. The molecule has 0 bridgehead atoms. The van der Waals surface area contributed by atoms with Crippen LogP contribution in [0.1, 0.15) is 38.5 Å². The fourth-order valence-electron chi connectivity index (χ4n) is 3.38. The van der Waals surface area contributed by atoms with E-state index in [-0.39, 0.29) is 17.5 Å². The summed E-state index contributed by atoms with van der Waals surface area (Å²) < 4.78 is 28.0. The van der Waals surface area contributed by atoms with Crippen LogP contribution in [-0.2, 0) is 15.9 Å². The van der Waals surface area contributed by atoms with Crippen molar-refractivity contribution in [3.05, 3.63) is 47.3 Å². The van der Waals surface area contributed by atoms with Gasteiger partial charge in [0, 0.05) is 30.2 Å². The normalized spacial score (nSPS) is 16.1. The van der Waals surface area contributed by atoms with Crippen LogP contribution in [0.5, 0.6) is 11.5 Å². The van der Waals surface area contributed by atoms with Gasteiger partial charge in [0.25, 0.3) is 0 Å². The maximum Gasteiger partial charge on any atom is 0.239 e. The van der Waals surface area contributed by atoms with E-state index in [0.29, 0.717) is 66.0 Å². The van der Waals surface area contributed by atoms with Crippen molar-refractivity contribution in [3.63, 3.8) is 0 Å². The molecule has 2 atom stereocenters. The number of hydrogen-bond acceptors (Lipinski definition) is 11. The summed E-state index contributed by atoms with van der Waals surface area (Å²) in [4.78, 5) is 8.54. The standard InChI is InChI=1S/C21H25ClN6O4S.C3H8O/c1-13(9-18-23-10-14(22)11-24-18)33-27-21-26-25-20(17-12-31-7-8-32-17)28(21)19-15(29-2)5-4-6-16(19)30-3;1-3(2)4/h4-6,10-11,13,17H,7-9,12H2,1-3H3,(H,26,27);3-4H,1-2H3. The first-order valence-electron chi connectivity index (χ1n) is 11.8. The van der Waals surface area contributed by atoms with Gasteiger partial charge in [-0.3, -0.25) is 9.29 Å². The van der Waals surface area contributed by atoms with Crippen LogP contribution in [0.15, 0.2) is 30.6 Å². The molecule has 202 valence electrons. The number of methoxy groups -OCH3 is 2. The van der Waals surface area contributed by atoms with Crippen molar-refractivity contribution in [2.24, 2.45) is 0 Å². The van der Waals surface area contributed by atoms with E-state index in [1.807, 2.05) is 22.8 Å². The minimum atomic E-state index is -0.374. The summed E-state index contributed by atoms with van der Waals surface area (Å²) in [5.41, 5.74) is 0.675. The Kier molecular flexibility index (Phi) is 11.2. The zero-order valence-electron chi connectivity index (χ0n) is 21.5. The van der Waals surface area contributed by atoms with Gasteiger partial charge >= 0.3 is 0 Å².